The number of aliphatic hydroxyl groups excluding tert-OH is 1. The van der Waals surface area contributed by atoms with E-state index in [0.29, 0.717) is 19.1 Å². The maximum absolute atomic E-state index is 9.89. The minimum absolute atomic E-state index is 0.212. The van der Waals surface area contributed by atoms with Gasteiger partial charge in [-0.1, -0.05) is 19.9 Å². The van der Waals surface area contributed by atoms with Gasteiger partial charge in [-0.3, -0.25) is 0 Å². The second-order valence-electron chi connectivity index (χ2n) is 5.57. The Bertz CT molecular complexity index is 327. The van der Waals surface area contributed by atoms with Crippen LogP contribution in [0.15, 0.2) is 17.5 Å². The lowest BCUT2D eigenvalue weighted by Gasteiger charge is -2.19. The fraction of sp³-hybridized carbons (Fsp3) is 0.733. The van der Waals surface area contributed by atoms with E-state index in [0.717, 1.165) is 6.42 Å². The fourth-order valence-corrected chi connectivity index (χ4v) is 2.78. The Hall–Kier alpha value is -0.420. The zero-order chi connectivity index (χ0) is 14.3. The van der Waals surface area contributed by atoms with Crippen LogP contribution in [0, 0.1) is 5.92 Å². The summed E-state index contributed by atoms with van der Waals surface area (Å²) in [5.74, 6) is 0.629. The average molecular weight is 285 g/mol. The van der Waals surface area contributed by atoms with Gasteiger partial charge in [0.05, 0.1) is 18.8 Å². The molecule has 1 rings (SSSR count). The standard InChI is InChI=1S/C15H27NO2S/c1-11(2)8-12(3)18-10-14(17)9-16-13(4)15-6-5-7-19-15/h5-7,11-14,16-17H,8-10H2,1-4H3/t12?,13-,14?/m0/s1. The van der Waals surface area contributed by atoms with Gasteiger partial charge in [0.25, 0.3) is 0 Å². The van der Waals surface area contributed by atoms with E-state index in [-0.39, 0.29) is 12.1 Å². The van der Waals surface area contributed by atoms with Crippen LogP contribution in [0.3, 0.4) is 0 Å². The zero-order valence-corrected chi connectivity index (χ0v) is 13.2. The van der Waals surface area contributed by atoms with Crippen molar-refractivity contribution in [3.05, 3.63) is 22.4 Å². The van der Waals surface area contributed by atoms with Crippen molar-refractivity contribution in [2.24, 2.45) is 5.92 Å². The van der Waals surface area contributed by atoms with Gasteiger partial charge in [-0.25, -0.2) is 0 Å². The van der Waals surface area contributed by atoms with Crippen molar-refractivity contribution in [3.63, 3.8) is 0 Å². The van der Waals surface area contributed by atoms with Crippen LogP contribution in [0.2, 0.25) is 0 Å². The summed E-state index contributed by atoms with van der Waals surface area (Å²) in [5, 5.41) is 15.3. The van der Waals surface area contributed by atoms with Crippen LogP contribution in [0.1, 0.15) is 45.0 Å². The molecule has 110 valence electrons. The molecule has 1 aromatic heterocycles. The molecule has 3 atom stereocenters. The van der Waals surface area contributed by atoms with E-state index >= 15 is 0 Å². The van der Waals surface area contributed by atoms with Crippen molar-refractivity contribution in [2.45, 2.75) is 52.4 Å². The normalized spacial score (nSPS) is 16.5. The minimum Gasteiger partial charge on any atom is -0.389 e. The molecule has 0 spiro atoms. The summed E-state index contributed by atoms with van der Waals surface area (Å²) in [6.45, 7) is 9.50. The minimum atomic E-state index is -0.447. The van der Waals surface area contributed by atoms with Gasteiger partial charge in [0.2, 0.25) is 0 Å². The van der Waals surface area contributed by atoms with E-state index < -0.39 is 6.10 Å². The third-order valence-electron chi connectivity index (χ3n) is 3.01. The zero-order valence-electron chi connectivity index (χ0n) is 12.4. The van der Waals surface area contributed by atoms with Crippen molar-refractivity contribution in [3.8, 4) is 0 Å². The number of thiophene rings is 1. The van der Waals surface area contributed by atoms with Gasteiger partial charge in [0.15, 0.2) is 0 Å². The Kier molecular flexibility index (Phi) is 7.61. The molecule has 0 bridgehead atoms. The van der Waals surface area contributed by atoms with Gasteiger partial charge in [-0.05, 0) is 37.6 Å². The van der Waals surface area contributed by atoms with Crippen LogP contribution in [0.25, 0.3) is 0 Å². The lowest BCUT2D eigenvalue weighted by atomic mass is 10.1. The van der Waals surface area contributed by atoms with Crippen molar-refractivity contribution in [1.29, 1.82) is 0 Å². The number of hydrogen-bond donors (Lipinski definition) is 2. The second-order valence-corrected chi connectivity index (χ2v) is 6.55. The largest absolute Gasteiger partial charge is 0.389 e. The highest BCUT2D eigenvalue weighted by atomic mass is 32.1. The Labute approximate surface area is 121 Å². The van der Waals surface area contributed by atoms with E-state index in [1.807, 2.05) is 6.07 Å². The molecule has 2 unspecified atom stereocenters. The van der Waals surface area contributed by atoms with Gasteiger partial charge in [-0.2, -0.15) is 0 Å². The molecule has 3 nitrogen and oxygen atoms in total. The smallest absolute Gasteiger partial charge is 0.0898 e. The third-order valence-corrected chi connectivity index (χ3v) is 4.06. The average Bonchev–Trinajstić information content (AvgIpc) is 2.86. The molecular weight excluding hydrogens is 258 g/mol. The number of rotatable bonds is 9. The number of aliphatic hydroxyl groups is 1. The Balaban J connectivity index is 2.15. The number of ether oxygens (including phenoxy) is 1. The molecule has 0 aliphatic heterocycles. The predicted molar refractivity (Wildman–Crippen MR) is 81.6 cm³/mol. The maximum Gasteiger partial charge on any atom is 0.0898 e. The molecule has 1 heterocycles. The lowest BCUT2D eigenvalue weighted by Crippen LogP contribution is -2.33. The van der Waals surface area contributed by atoms with Crippen molar-refractivity contribution >= 4 is 11.3 Å². The monoisotopic (exact) mass is 285 g/mol. The SMILES string of the molecule is CC(C)CC(C)OCC(O)CN[C@@H](C)c1cccs1. The molecule has 0 saturated heterocycles. The van der Waals surface area contributed by atoms with Crippen molar-refractivity contribution in [2.75, 3.05) is 13.2 Å². The Morgan fingerprint density at radius 2 is 2.05 bits per heavy atom. The van der Waals surface area contributed by atoms with Crippen molar-refractivity contribution in [1.82, 2.24) is 5.32 Å². The first-order valence-electron chi connectivity index (χ1n) is 7.05. The molecule has 0 fully saturated rings. The Morgan fingerprint density at radius 3 is 2.63 bits per heavy atom. The fourth-order valence-electron chi connectivity index (χ4n) is 2.02. The molecule has 0 aliphatic carbocycles. The Morgan fingerprint density at radius 1 is 1.32 bits per heavy atom. The highest BCUT2D eigenvalue weighted by Gasteiger charge is 2.12. The number of nitrogens with one attached hydrogen (secondary N) is 1. The first kappa shape index (κ1) is 16.6. The molecule has 0 aliphatic rings. The van der Waals surface area contributed by atoms with Gasteiger partial charge < -0.3 is 15.2 Å². The van der Waals surface area contributed by atoms with E-state index in [2.05, 4.69) is 44.5 Å². The molecule has 0 amide bonds. The first-order chi connectivity index (χ1) is 8.99. The topological polar surface area (TPSA) is 41.5 Å². The molecule has 1 aromatic rings. The summed E-state index contributed by atoms with van der Waals surface area (Å²) in [7, 11) is 0. The van der Waals surface area contributed by atoms with Crippen LogP contribution in [-0.2, 0) is 4.74 Å². The summed E-state index contributed by atoms with van der Waals surface area (Å²) in [6.07, 6.45) is 0.799. The van der Waals surface area contributed by atoms with Crippen LogP contribution in [0.4, 0.5) is 0 Å². The maximum atomic E-state index is 9.89. The van der Waals surface area contributed by atoms with Gasteiger partial charge in [0.1, 0.15) is 0 Å². The highest BCUT2D eigenvalue weighted by Crippen LogP contribution is 2.17. The van der Waals surface area contributed by atoms with Crippen LogP contribution >= 0.6 is 11.3 Å². The summed E-state index contributed by atoms with van der Waals surface area (Å²) in [5.41, 5.74) is 0. The van der Waals surface area contributed by atoms with Crippen LogP contribution in [0.5, 0.6) is 0 Å². The van der Waals surface area contributed by atoms with Gasteiger partial charge >= 0.3 is 0 Å². The number of hydrogen-bond acceptors (Lipinski definition) is 4. The van der Waals surface area contributed by atoms with Crippen LogP contribution < -0.4 is 5.32 Å². The molecule has 0 aromatic carbocycles. The van der Waals surface area contributed by atoms with E-state index in [9.17, 15) is 5.11 Å². The van der Waals surface area contributed by atoms with E-state index in [4.69, 9.17) is 4.74 Å². The molecular formula is C15H27NO2S. The second kappa shape index (κ2) is 8.69. The molecule has 4 heteroatoms. The summed E-state index contributed by atoms with van der Waals surface area (Å²) in [4.78, 5) is 1.29. The first-order valence-corrected chi connectivity index (χ1v) is 7.93. The van der Waals surface area contributed by atoms with Crippen LogP contribution in [-0.4, -0.2) is 30.5 Å². The lowest BCUT2D eigenvalue weighted by molar-refractivity contribution is -0.00911. The third kappa shape index (κ3) is 7.06. The van der Waals surface area contributed by atoms with E-state index in [1.165, 1.54) is 4.88 Å². The molecule has 2 N–H and O–H groups in total. The van der Waals surface area contributed by atoms with E-state index in [1.54, 1.807) is 11.3 Å². The molecule has 0 saturated carbocycles. The highest BCUT2D eigenvalue weighted by molar-refractivity contribution is 7.10. The quantitative estimate of drug-likeness (QED) is 0.732. The summed E-state index contributed by atoms with van der Waals surface area (Å²) in [6, 6.07) is 4.43. The molecule has 0 radical (unpaired) electrons. The predicted octanol–water partition coefficient (Wildman–Crippen LogP) is 3.21. The van der Waals surface area contributed by atoms with Gasteiger partial charge in [-0.15, -0.1) is 11.3 Å². The van der Waals surface area contributed by atoms with Crippen molar-refractivity contribution < 1.29 is 9.84 Å². The summed E-state index contributed by atoms with van der Waals surface area (Å²) >= 11 is 1.73. The summed E-state index contributed by atoms with van der Waals surface area (Å²) < 4.78 is 5.65. The van der Waals surface area contributed by atoms with Gasteiger partial charge in [0, 0.05) is 17.5 Å². The molecule has 19 heavy (non-hydrogen) atoms.